The first-order valence-electron chi connectivity index (χ1n) is 8.26. The molecular formula is C17H29F3O. The van der Waals surface area contributed by atoms with Gasteiger partial charge in [-0.05, 0) is 18.9 Å². The van der Waals surface area contributed by atoms with Crippen LogP contribution < -0.4 is 0 Å². The second kappa shape index (κ2) is 12.9. The van der Waals surface area contributed by atoms with Crippen LogP contribution in [0.15, 0.2) is 12.2 Å². The van der Waals surface area contributed by atoms with Gasteiger partial charge in [0.05, 0.1) is 0 Å². The Morgan fingerprint density at radius 3 is 1.67 bits per heavy atom. The molecule has 0 amide bonds. The van der Waals surface area contributed by atoms with E-state index in [1.165, 1.54) is 57.4 Å². The minimum Gasteiger partial charge on any atom is -0.285 e. The number of unbranched alkanes of at least 4 members (excludes halogenated alkanes) is 11. The fraction of sp³-hybridized carbons (Fsp3) is 0.824. The van der Waals surface area contributed by atoms with Crippen molar-refractivity contribution in [3.63, 3.8) is 0 Å². The lowest BCUT2D eigenvalue weighted by Gasteiger charge is -2.02. The van der Waals surface area contributed by atoms with Gasteiger partial charge in [-0.3, -0.25) is 4.79 Å². The van der Waals surface area contributed by atoms with Gasteiger partial charge in [0.25, 0.3) is 5.78 Å². The Bertz CT molecular complexity index is 282. The molecule has 0 rings (SSSR count). The van der Waals surface area contributed by atoms with Crippen molar-refractivity contribution in [1.29, 1.82) is 0 Å². The number of hydrogen-bond donors (Lipinski definition) is 0. The molecule has 0 aliphatic rings. The molecule has 0 fully saturated rings. The SMILES string of the molecule is CCCCCCCCCCCCC/C=C/C(=O)C(F)(F)F. The monoisotopic (exact) mass is 306 g/mol. The summed E-state index contributed by atoms with van der Waals surface area (Å²) in [6.45, 7) is 2.22. The van der Waals surface area contributed by atoms with E-state index in [1.54, 1.807) is 0 Å². The van der Waals surface area contributed by atoms with Gasteiger partial charge < -0.3 is 0 Å². The van der Waals surface area contributed by atoms with Gasteiger partial charge in [0.2, 0.25) is 0 Å². The number of hydrogen-bond acceptors (Lipinski definition) is 1. The number of allylic oxidation sites excluding steroid dienone is 2. The summed E-state index contributed by atoms with van der Waals surface area (Å²) in [4.78, 5) is 10.6. The molecule has 21 heavy (non-hydrogen) atoms. The van der Waals surface area contributed by atoms with Gasteiger partial charge in [-0.15, -0.1) is 0 Å². The van der Waals surface area contributed by atoms with Crippen LogP contribution in [0.25, 0.3) is 0 Å². The Hall–Kier alpha value is -0.800. The smallest absolute Gasteiger partial charge is 0.285 e. The molecule has 0 saturated heterocycles. The van der Waals surface area contributed by atoms with Crippen molar-refractivity contribution in [3.05, 3.63) is 12.2 Å². The van der Waals surface area contributed by atoms with E-state index in [0.29, 0.717) is 12.5 Å². The number of rotatable bonds is 13. The maximum atomic E-state index is 11.9. The Morgan fingerprint density at radius 1 is 0.810 bits per heavy atom. The summed E-state index contributed by atoms with van der Waals surface area (Å²) in [6, 6.07) is 0. The molecule has 4 heteroatoms. The third-order valence-electron chi connectivity index (χ3n) is 3.52. The van der Waals surface area contributed by atoms with Gasteiger partial charge in [-0.25, -0.2) is 0 Å². The van der Waals surface area contributed by atoms with E-state index in [1.807, 2.05) is 0 Å². The quantitative estimate of drug-likeness (QED) is 0.285. The second-order valence-electron chi connectivity index (χ2n) is 5.59. The standard InChI is InChI=1S/C17H29F3O/c1-2-3-4-5-6-7-8-9-10-11-12-13-14-15-16(21)17(18,19)20/h14-15H,2-13H2,1H3/b15-14+. The lowest BCUT2D eigenvalue weighted by molar-refractivity contribution is -0.165. The first kappa shape index (κ1) is 20.2. The highest BCUT2D eigenvalue weighted by Gasteiger charge is 2.35. The molecule has 0 N–H and O–H groups in total. The molecule has 1 nitrogen and oxygen atoms in total. The topological polar surface area (TPSA) is 17.1 Å². The molecule has 0 aromatic rings. The van der Waals surface area contributed by atoms with Gasteiger partial charge >= 0.3 is 6.18 Å². The first-order valence-corrected chi connectivity index (χ1v) is 8.26. The molecule has 0 aromatic carbocycles. The summed E-state index contributed by atoms with van der Waals surface area (Å²) in [5, 5.41) is 0. The second-order valence-corrected chi connectivity index (χ2v) is 5.59. The summed E-state index contributed by atoms with van der Waals surface area (Å²) in [7, 11) is 0. The predicted octanol–water partition coefficient (Wildman–Crippen LogP) is 6.38. The van der Waals surface area contributed by atoms with E-state index < -0.39 is 12.0 Å². The lowest BCUT2D eigenvalue weighted by Crippen LogP contribution is -2.19. The number of carbonyl (C=O) groups is 1. The molecule has 0 aliphatic carbocycles. The number of ketones is 1. The predicted molar refractivity (Wildman–Crippen MR) is 81.3 cm³/mol. The van der Waals surface area contributed by atoms with Crippen LogP contribution in [-0.4, -0.2) is 12.0 Å². The average molecular weight is 306 g/mol. The van der Waals surface area contributed by atoms with E-state index in [-0.39, 0.29) is 0 Å². The van der Waals surface area contributed by atoms with Crippen molar-refractivity contribution >= 4 is 5.78 Å². The summed E-state index contributed by atoms with van der Waals surface area (Å²) < 4.78 is 35.7. The van der Waals surface area contributed by atoms with Gasteiger partial charge in [-0.2, -0.15) is 13.2 Å². The van der Waals surface area contributed by atoms with Gasteiger partial charge in [0, 0.05) is 0 Å². The van der Waals surface area contributed by atoms with Crippen LogP contribution >= 0.6 is 0 Å². The normalized spacial score (nSPS) is 12.2. The van der Waals surface area contributed by atoms with Gasteiger partial charge in [0.15, 0.2) is 0 Å². The minimum atomic E-state index is -4.73. The molecule has 0 heterocycles. The summed E-state index contributed by atoms with van der Waals surface area (Å²) in [5.41, 5.74) is 0. The van der Waals surface area contributed by atoms with Crippen molar-refractivity contribution in [2.45, 2.75) is 90.1 Å². The van der Waals surface area contributed by atoms with Crippen LogP contribution in [0.1, 0.15) is 84.0 Å². The molecule has 0 atom stereocenters. The Kier molecular flexibility index (Phi) is 12.4. The van der Waals surface area contributed by atoms with Crippen molar-refractivity contribution in [2.24, 2.45) is 0 Å². The third-order valence-corrected chi connectivity index (χ3v) is 3.52. The molecule has 0 aromatic heterocycles. The third kappa shape index (κ3) is 13.9. The molecule has 0 bridgehead atoms. The zero-order valence-corrected chi connectivity index (χ0v) is 13.2. The maximum Gasteiger partial charge on any atom is 0.454 e. The molecule has 0 radical (unpaired) electrons. The van der Waals surface area contributed by atoms with Crippen LogP contribution in [0.2, 0.25) is 0 Å². The lowest BCUT2D eigenvalue weighted by atomic mass is 10.1. The van der Waals surface area contributed by atoms with Gasteiger partial charge in [0.1, 0.15) is 0 Å². The zero-order chi connectivity index (χ0) is 16.0. The number of carbonyl (C=O) groups excluding carboxylic acids is 1. The summed E-state index contributed by atoms with van der Waals surface area (Å²) in [6.07, 6.45) is 11.2. The Balaban J connectivity index is 3.26. The van der Waals surface area contributed by atoms with Crippen molar-refractivity contribution < 1.29 is 18.0 Å². The number of alkyl halides is 3. The van der Waals surface area contributed by atoms with E-state index >= 15 is 0 Å². The average Bonchev–Trinajstić information content (AvgIpc) is 2.42. The molecule has 0 spiro atoms. The minimum absolute atomic E-state index is 0.554. The van der Waals surface area contributed by atoms with Crippen molar-refractivity contribution in [2.75, 3.05) is 0 Å². The summed E-state index contributed by atoms with van der Waals surface area (Å²) in [5.74, 6) is -1.76. The fourth-order valence-corrected chi connectivity index (χ4v) is 2.21. The molecule has 0 aliphatic heterocycles. The van der Waals surface area contributed by atoms with Crippen molar-refractivity contribution in [3.8, 4) is 0 Å². The molecule has 0 saturated carbocycles. The van der Waals surface area contributed by atoms with E-state index in [9.17, 15) is 18.0 Å². The maximum absolute atomic E-state index is 11.9. The summed E-state index contributed by atoms with van der Waals surface area (Å²) >= 11 is 0. The highest BCUT2D eigenvalue weighted by Crippen LogP contribution is 2.17. The van der Waals surface area contributed by atoms with Crippen LogP contribution in [0.3, 0.4) is 0 Å². The molecule has 0 unspecified atom stereocenters. The van der Waals surface area contributed by atoms with Crippen LogP contribution in [-0.2, 0) is 4.79 Å². The highest BCUT2D eigenvalue weighted by molar-refractivity contribution is 5.94. The van der Waals surface area contributed by atoms with Crippen LogP contribution in [0, 0.1) is 0 Å². The molecular weight excluding hydrogens is 277 g/mol. The highest BCUT2D eigenvalue weighted by atomic mass is 19.4. The van der Waals surface area contributed by atoms with Crippen molar-refractivity contribution in [1.82, 2.24) is 0 Å². The zero-order valence-electron chi connectivity index (χ0n) is 13.2. The van der Waals surface area contributed by atoms with Crippen LogP contribution in [0.4, 0.5) is 13.2 Å². The molecule has 124 valence electrons. The first-order chi connectivity index (χ1) is 9.98. The number of halogens is 3. The van der Waals surface area contributed by atoms with Crippen LogP contribution in [0.5, 0.6) is 0 Å². The van der Waals surface area contributed by atoms with Gasteiger partial charge in [-0.1, -0.05) is 77.2 Å². The fourth-order valence-electron chi connectivity index (χ4n) is 2.21. The van der Waals surface area contributed by atoms with E-state index in [4.69, 9.17) is 0 Å². The largest absolute Gasteiger partial charge is 0.454 e. The Morgan fingerprint density at radius 2 is 1.24 bits per heavy atom. The van der Waals surface area contributed by atoms with E-state index in [2.05, 4.69) is 6.92 Å². The Labute approximate surface area is 127 Å². The van der Waals surface area contributed by atoms with E-state index in [0.717, 1.165) is 19.3 Å².